The number of pyridine rings is 1. The third kappa shape index (κ3) is 2.32. The maximum Gasteiger partial charge on any atom is 0.0564 e. The van der Waals surface area contributed by atoms with E-state index in [1.54, 1.807) is 0 Å². The number of anilines is 1. The Balaban J connectivity index is 2.01. The molecule has 2 unspecified atom stereocenters. The summed E-state index contributed by atoms with van der Waals surface area (Å²) in [5.41, 5.74) is 13.3. The summed E-state index contributed by atoms with van der Waals surface area (Å²) in [5.74, 6) is 6.07. The highest BCUT2D eigenvalue weighted by atomic mass is 79.9. The number of nitrogen functional groups attached to an aromatic ring is 1. The van der Waals surface area contributed by atoms with E-state index < -0.39 is 0 Å². The highest BCUT2D eigenvalue weighted by Crippen LogP contribution is 2.41. The lowest BCUT2D eigenvalue weighted by molar-refractivity contribution is 0.448. The lowest BCUT2D eigenvalue weighted by Gasteiger charge is -2.25. The van der Waals surface area contributed by atoms with Crippen molar-refractivity contribution >= 4 is 21.6 Å². The largest absolute Gasteiger partial charge is 0.398 e. The van der Waals surface area contributed by atoms with Gasteiger partial charge in [0.15, 0.2) is 0 Å². The van der Waals surface area contributed by atoms with Crippen LogP contribution in [0.15, 0.2) is 41.0 Å². The molecule has 0 amide bonds. The van der Waals surface area contributed by atoms with Crippen LogP contribution in [0.1, 0.15) is 35.2 Å². The molecule has 0 radical (unpaired) electrons. The lowest BCUT2D eigenvalue weighted by atomic mass is 9.90. The number of nitrogens with zero attached hydrogens (tertiary/aromatic N) is 1. The van der Waals surface area contributed by atoms with E-state index in [9.17, 15) is 0 Å². The predicted molar refractivity (Wildman–Crippen MR) is 83.9 cm³/mol. The molecule has 5 heteroatoms. The van der Waals surface area contributed by atoms with Crippen LogP contribution in [-0.2, 0) is 6.42 Å². The molecule has 4 nitrogen and oxygen atoms in total. The fraction of sp³-hybridized carbons (Fsp3) is 0.267. The monoisotopic (exact) mass is 332 g/mol. The number of nitrogens with two attached hydrogens (primary N) is 2. The van der Waals surface area contributed by atoms with E-state index in [2.05, 4.69) is 32.4 Å². The molecule has 0 aliphatic heterocycles. The number of rotatable bonds is 3. The standard InChI is InChI=1S/C15H17BrN4/c16-10-4-6-13(17)12(8-10)15(20-18)11-5-3-9-2-1-7-19-14(9)11/h1-2,4,6-8,11,15,20H,3,5,17-18H2. The van der Waals surface area contributed by atoms with Gasteiger partial charge in [-0.1, -0.05) is 22.0 Å². The smallest absolute Gasteiger partial charge is 0.0564 e. The zero-order chi connectivity index (χ0) is 14.1. The van der Waals surface area contributed by atoms with Crippen LogP contribution in [0.3, 0.4) is 0 Å². The molecule has 0 bridgehead atoms. The predicted octanol–water partition coefficient (Wildman–Crippen LogP) is 2.66. The summed E-state index contributed by atoms with van der Waals surface area (Å²) in [6.45, 7) is 0. The quantitative estimate of drug-likeness (QED) is 0.458. The van der Waals surface area contributed by atoms with Crippen LogP contribution in [0.5, 0.6) is 0 Å². The van der Waals surface area contributed by atoms with Gasteiger partial charge < -0.3 is 5.73 Å². The van der Waals surface area contributed by atoms with Crippen molar-refractivity contribution in [3.05, 3.63) is 57.8 Å². The number of hydrogen-bond donors (Lipinski definition) is 3. The molecule has 2 aromatic rings. The van der Waals surface area contributed by atoms with Crippen molar-refractivity contribution in [1.29, 1.82) is 0 Å². The fourth-order valence-electron chi connectivity index (χ4n) is 3.01. The first-order valence-electron chi connectivity index (χ1n) is 6.65. The number of halogens is 1. The second kappa shape index (κ2) is 5.52. The van der Waals surface area contributed by atoms with Crippen molar-refractivity contribution in [2.75, 3.05) is 5.73 Å². The minimum Gasteiger partial charge on any atom is -0.398 e. The summed E-state index contributed by atoms with van der Waals surface area (Å²) in [6.07, 6.45) is 3.92. The Kier molecular flexibility index (Phi) is 3.74. The average molecular weight is 333 g/mol. The van der Waals surface area contributed by atoms with Gasteiger partial charge in [0.25, 0.3) is 0 Å². The number of aryl methyl sites for hydroxylation is 1. The molecule has 1 aliphatic rings. The summed E-state index contributed by atoms with van der Waals surface area (Å²) < 4.78 is 1.00. The van der Waals surface area contributed by atoms with Crippen LogP contribution in [0, 0.1) is 0 Å². The van der Waals surface area contributed by atoms with E-state index in [-0.39, 0.29) is 12.0 Å². The minimum absolute atomic E-state index is 0.0244. The zero-order valence-electron chi connectivity index (χ0n) is 11.0. The van der Waals surface area contributed by atoms with Gasteiger partial charge in [-0.2, -0.15) is 0 Å². The summed E-state index contributed by atoms with van der Waals surface area (Å²) in [4.78, 5) is 4.54. The first-order valence-corrected chi connectivity index (χ1v) is 7.45. The molecule has 5 N–H and O–H groups in total. The Bertz CT molecular complexity index is 629. The molecule has 1 aromatic carbocycles. The highest BCUT2D eigenvalue weighted by molar-refractivity contribution is 9.10. The Morgan fingerprint density at radius 2 is 2.20 bits per heavy atom. The lowest BCUT2D eigenvalue weighted by Crippen LogP contribution is -2.32. The number of nitrogens with one attached hydrogen (secondary N) is 1. The molecule has 1 heterocycles. The molecular weight excluding hydrogens is 316 g/mol. The van der Waals surface area contributed by atoms with Crippen LogP contribution in [-0.4, -0.2) is 4.98 Å². The van der Waals surface area contributed by atoms with E-state index in [1.165, 1.54) is 5.56 Å². The van der Waals surface area contributed by atoms with Crippen molar-refractivity contribution in [1.82, 2.24) is 10.4 Å². The molecule has 0 saturated carbocycles. The molecule has 0 saturated heterocycles. The molecule has 2 atom stereocenters. The van der Waals surface area contributed by atoms with Gasteiger partial charge in [-0.3, -0.25) is 16.3 Å². The van der Waals surface area contributed by atoms with Gasteiger partial charge in [0.1, 0.15) is 0 Å². The zero-order valence-corrected chi connectivity index (χ0v) is 12.6. The number of fused-ring (bicyclic) bond motifs is 1. The van der Waals surface area contributed by atoms with E-state index in [0.29, 0.717) is 0 Å². The van der Waals surface area contributed by atoms with Gasteiger partial charge in [0.2, 0.25) is 0 Å². The number of hydrazine groups is 1. The Labute approximate surface area is 126 Å². The van der Waals surface area contributed by atoms with E-state index in [1.807, 2.05) is 30.5 Å². The maximum atomic E-state index is 6.12. The first-order chi connectivity index (χ1) is 9.70. The summed E-state index contributed by atoms with van der Waals surface area (Å²) >= 11 is 3.49. The molecule has 0 fully saturated rings. The van der Waals surface area contributed by atoms with Gasteiger partial charge in [0.05, 0.1) is 6.04 Å². The van der Waals surface area contributed by atoms with Crippen LogP contribution >= 0.6 is 15.9 Å². The van der Waals surface area contributed by atoms with E-state index >= 15 is 0 Å². The number of hydrogen-bond acceptors (Lipinski definition) is 4. The second-order valence-electron chi connectivity index (χ2n) is 5.11. The van der Waals surface area contributed by atoms with Crippen molar-refractivity contribution in [2.45, 2.75) is 24.8 Å². The molecule has 104 valence electrons. The molecular formula is C15H17BrN4. The highest BCUT2D eigenvalue weighted by Gasteiger charge is 2.32. The topological polar surface area (TPSA) is 77.0 Å². The van der Waals surface area contributed by atoms with Gasteiger partial charge in [-0.05, 0) is 48.2 Å². The van der Waals surface area contributed by atoms with Crippen LogP contribution in [0.4, 0.5) is 5.69 Å². The van der Waals surface area contributed by atoms with Gasteiger partial charge in [-0.25, -0.2) is 0 Å². The van der Waals surface area contributed by atoms with E-state index in [4.69, 9.17) is 11.6 Å². The third-order valence-corrected chi connectivity index (χ3v) is 4.46. The first kappa shape index (κ1) is 13.5. The van der Waals surface area contributed by atoms with Crippen LogP contribution < -0.4 is 17.0 Å². The Hall–Kier alpha value is -1.43. The van der Waals surface area contributed by atoms with Crippen molar-refractivity contribution < 1.29 is 0 Å². The summed E-state index contributed by atoms with van der Waals surface area (Å²) in [5, 5.41) is 0. The molecule has 1 aromatic heterocycles. The number of benzene rings is 1. The van der Waals surface area contributed by atoms with Gasteiger partial charge >= 0.3 is 0 Å². The molecule has 1 aliphatic carbocycles. The van der Waals surface area contributed by atoms with Gasteiger partial charge in [0, 0.05) is 28.0 Å². The van der Waals surface area contributed by atoms with Gasteiger partial charge in [-0.15, -0.1) is 0 Å². The second-order valence-corrected chi connectivity index (χ2v) is 6.03. The summed E-state index contributed by atoms with van der Waals surface area (Å²) in [6, 6.07) is 9.97. The minimum atomic E-state index is -0.0244. The van der Waals surface area contributed by atoms with Crippen LogP contribution in [0.2, 0.25) is 0 Å². The normalized spacial score (nSPS) is 18.8. The molecule has 20 heavy (non-hydrogen) atoms. The third-order valence-electron chi connectivity index (χ3n) is 3.97. The fourth-order valence-corrected chi connectivity index (χ4v) is 3.38. The Morgan fingerprint density at radius 1 is 1.35 bits per heavy atom. The Morgan fingerprint density at radius 3 is 3.00 bits per heavy atom. The number of aromatic nitrogens is 1. The van der Waals surface area contributed by atoms with Crippen molar-refractivity contribution in [2.24, 2.45) is 5.84 Å². The summed E-state index contributed by atoms with van der Waals surface area (Å²) in [7, 11) is 0. The maximum absolute atomic E-state index is 6.12. The van der Waals surface area contributed by atoms with Crippen molar-refractivity contribution in [3.63, 3.8) is 0 Å². The molecule has 3 rings (SSSR count). The SMILES string of the molecule is NNC(c1cc(Br)ccc1N)C1CCc2cccnc21. The molecule has 0 spiro atoms. The van der Waals surface area contributed by atoms with E-state index in [0.717, 1.165) is 34.3 Å². The van der Waals surface area contributed by atoms with Crippen LogP contribution in [0.25, 0.3) is 0 Å². The van der Waals surface area contributed by atoms with Crippen molar-refractivity contribution in [3.8, 4) is 0 Å². The average Bonchev–Trinajstić information content (AvgIpc) is 2.88.